The van der Waals surface area contributed by atoms with E-state index in [0.717, 1.165) is 80.4 Å². The summed E-state index contributed by atoms with van der Waals surface area (Å²) in [7, 11) is 0. The van der Waals surface area contributed by atoms with E-state index in [2.05, 4.69) is 44.4 Å². The Labute approximate surface area is 250 Å². The molecule has 2 aromatic carbocycles. The SMILES string of the molecule is O=C(NC(c1ccc(Cl)cc1)c1ccc(Cl)cc1)[C@@H]1CC[C@@H](N2CCOCC2)CC1CC1CC=CC(Br)=CC1. The number of carbonyl (C=O) groups excluding carboxylic acids is 1. The van der Waals surface area contributed by atoms with Crippen molar-refractivity contribution < 1.29 is 9.53 Å². The van der Waals surface area contributed by atoms with E-state index in [-0.39, 0.29) is 17.9 Å². The van der Waals surface area contributed by atoms with Crippen molar-refractivity contribution in [2.75, 3.05) is 26.3 Å². The predicted octanol–water partition coefficient (Wildman–Crippen LogP) is 7.95. The summed E-state index contributed by atoms with van der Waals surface area (Å²) < 4.78 is 6.78. The number of ether oxygens (including phenoxy) is 1. The number of benzene rings is 2. The highest BCUT2D eigenvalue weighted by Crippen LogP contribution is 2.40. The Morgan fingerprint density at radius 2 is 1.62 bits per heavy atom. The normalized spacial score (nSPS) is 26.2. The topological polar surface area (TPSA) is 41.6 Å². The number of carbonyl (C=O) groups is 1. The van der Waals surface area contributed by atoms with Crippen LogP contribution in [0.5, 0.6) is 0 Å². The lowest BCUT2D eigenvalue weighted by molar-refractivity contribution is -0.129. The first kappa shape index (κ1) is 28.9. The van der Waals surface area contributed by atoms with Crippen LogP contribution in [-0.2, 0) is 9.53 Å². The maximum Gasteiger partial charge on any atom is 0.224 e. The van der Waals surface area contributed by atoms with E-state index >= 15 is 0 Å². The van der Waals surface area contributed by atoms with E-state index in [1.165, 1.54) is 0 Å². The smallest absolute Gasteiger partial charge is 0.224 e. The highest BCUT2D eigenvalue weighted by molar-refractivity contribution is 9.11. The zero-order chi connectivity index (χ0) is 27.2. The second-order valence-electron chi connectivity index (χ2n) is 11.1. The van der Waals surface area contributed by atoms with Crippen molar-refractivity contribution >= 4 is 45.0 Å². The van der Waals surface area contributed by atoms with Crippen LogP contribution in [0.3, 0.4) is 0 Å². The zero-order valence-corrected chi connectivity index (χ0v) is 25.3. The average molecular weight is 632 g/mol. The molecule has 1 N–H and O–H groups in total. The molecule has 4 nitrogen and oxygen atoms in total. The Morgan fingerprint density at radius 1 is 0.974 bits per heavy atom. The van der Waals surface area contributed by atoms with E-state index in [0.29, 0.717) is 27.9 Å². The highest BCUT2D eigenvalue weighted by Gasteiger charge is 2.39. The van der Waals surface area contributed by atoms with Crippen LogP contribution in [0.1, 0.15) is 55.7 Å². The first-order valence-corrected chi connectivity index (χ1v) is 15.7. The Bertz CT molecular complexity index is 1120. The van der Waals surface area contributed by atoms with E-state index in [4.69, 9.17) is 27.9 Å². The van der Waals surface area contributed by atoms with Crippen LogP contribution in [0.15, 0.2) is 71.2 Å². The van der Waals surface area contributed by atoms with Crippen molar-refractivity contribution in [2.45, 2.75) is 50.6 Å². The molecule has 5 rings (SSSR count). The molecule has 1 amide bonds. The van der Waals surface area contributed by atoms with Crippen LogP contribution in [0, 0.1) is 17.8 Å². The monoisotopic (exact) mass is 630 g/mol. The molecule has 4 atom stereocenters. The van der Waals surface area contributed by atoms with Crippen molar-refractivity contribution in [3.8, 4) is 0 Å². The lowest BCUT2D eigenvalue weighted by Gasteiger charge is -2.43. The molecule has 1 aliphatic heterocycles. The first-order valence-electron chi connectivity index (χ1n) is 14.1. The molecule has 2 aromatic rings. The molecule has 0 aromatic heterocycles. The van der Waals surface area contributed by atoms with Gasteiger partial charge in [-0.2, -0.15) is 0 Å². The fraction of sp³-hybridized carbons (Fsp3) is 0.469. The summed E-state index contributed by atoms with van der Waals surface area (Å²) in [6, 6.07) is 15.8. The molecule has 1 saturated heterocycles. The van der Waals surface area contributed by atoms with Gasteiger partial charge in [-0.3, -0.25) is 9.69 Å². The fourth-order valence-corrected chi connectivity index (χ4v) is 7.10. The number of nitrogens with zero attached hydrogens (tertiary/aromatic N) is 1. The number of rotatable bonds is 7. The molecule has 2 fully saturated rings. The van der Waals surface area contributed by atoms with Gasteiger partial charge in [0, 0.05) is 39.6 Å². The van der Waals surface area contributed by atoms with Gasteiger partial charge in [-0.15, -0.1) is 0 Å². The summed E-state index contributed by atoms with van der Waals surface area (Å²) >= 11 is 16.0. The Morgan fingerprint density at radius 3 is 2.26 bits per heavy atom. The van der Waals surface area contributed by atoms with Gasteiger partial charge in [0.1, 0.15) is 0 Å². The van der Waals surface area contributed by atoms with Crippen molar-refractivity contribution in [3.63, 3.8) is 0 Å². The molecule has 3 aliphatic rings. The quantitative estimate of drug-likeness (QED) is 0.337. The van der Waals surface area contributed by atoms with Gasteiger partial charge in [0.25, 0.3) is 0 Å². The van der Waals surface area contributed by atoms with Crippen LogP contribution in [0.25, 0.3) is 0 Å². The molecule has 7 heteroatoms. The second-order valence-corrected chi connectivity index (χ2v) is 12.9. The molecular weight excluding hydrogens is 595 g/mol. The fourth-order valence-electron chi connectivity index (χ4n) is 6.48. The lowest BCUT2D eigenvalue weighted by atomic mass is 9.71. The number of halogens is 3. The molecule has 1 heterocycles. The largest absolute Gasteiger partial charge is 0.379 e. The summed E-state index contributed by atoms with van der Waals surface area (Å²) in [5, 5.41) is 4.81. The van der Waals surface area contributed by atoms with Crippen LogP contribution >= 0.6 is 39.1 Å². The van der Waals surface area contributed by atoms with Crippen molar-refractivity contribution in [1.82, 2.24) is 10.2 Å². The number of morpholine rings is 1. The third kappa shape index (κ3) is 7.77. The molecular formula is C32H37BrCl2N2O2. The third-order valence-electron chi connectivity index (χ3n) is 8.58. The van der Waals surface area contributed by atoms with Gasteiger partial charge in [0.2, 0.25) is 5.91 Å². The standard InChI is InChI=1S/C32H37BrCl2N2O2/c33-26-3-1-2-22(4-9-26)20-25-21-29(37-16-18-39-19-17-37)14-15-30(25)32(38)36-31(23-5-10-27(34)11-6-23)24-7-12-28(35)13-8-24/h1,3,5-13,22,25,29-31H,2,4,14-21H2,(H,36,38)/t22?,25?,29-,30-/m1/s1. The summed E-state index contributed by atoms with van der Waals surface area (Å²) in [6.07, 6.45) is 12.9. The highest BCUT2D eigenvalue weighted by atomic mass is 79.9. The van der Waals surface area contributed by atoms with Crippen LogP contribution in [0.4, 0.5) is 0 Å². The van der Waals surface area contributed by atoms with Gasteiger partial charge in [0.15, 0.2) is 0 Å². The minimum absolute atomic E-state index is 0.0101. The second kappa shape index (κ2) is 13.8. The van der Waals surface area contributed by atoms with Crippen LogP contribution < -0.4 is 5.32 Å². The van der Waals surface area contributed by atoms with Gasteiger partial charge in [-0.25, -0.2) is 0 Å². The molecule has 2 aliphatic carbocycles. The van der Waals surface area contributed by atoms with Gasteiger partial charge < -0.3 is 10.1 Å². The molecule has 0 radical (unpaired) electrons. The summed E-state index contributed by atoms with van der Waals surface area (Å²) in [5.74, 6) is 1.02. The van der Waals surface area contributed by atoms with Gasteiger partial charge in [-0.05, 0) is 85.8 Å². The molecule has 208 valence electrons. The van der Waals surface area contributed by atoms with E-state index in [9.17, 15) is 4.79 Å². The number of nitrogens with one attached hydrogen (secondary N) is 1. The summed E-state index contributed by atoms with van der Waals surface area (Å²) in [6.45, 7) is 3.60. The van der Waals surface area contributed by atoms with Crippen molar-refractivity contribution in [2.24, 2.45) is 17.8 Å². The first-order chi connectivity index (χ1) is 19.0. The maximum atomic E-state index is 14.1. The zero-order valence-electron chi connectivity index (χ0n) is 22.2. The number of hydrogen-bond donors (Lipinski definition) is 1. The van der Waals surface area contributed by atoms with Crippen LogP contribution in [0.2, 0.25) is 10.0 Å². The van der Waals surface area contributed by atoms with Crippen molar-refractivity contribution in [3.05, 3.63) is 92.4 Å². The molecule has 39 heavy (non-hydrogen) atoms. The Balaban J connectivity index is 1.36. The van der Waals surface area contributed by atoms with E-state index in [1.54, 1.807) is 0 Å². The average Bonchev–Trinajstić information content (AvgIpc) is 3.17. The molecule has 0 bridgehead atoms. The third-order valence-corrected chi connectivity index (χ3v) is 9.67. The Hall–Kier alpha value is -1.63. The van der Waals surface area contributed by atoms with Gasteiger partial charge in [0.05, 0.1) is 19.3 Å². The predicted molar refractivity (Wildman–Crippen MR) is 163 cm³/mol. The van der Waals surface area contributed by atoms with E-state index in [1.807, 2.05) is 48.5 Å². The summed E-state index contributed by atoms with van der Waals surface area (Å²) in [4.78, 5) is 16.7. The minimum Gasteiger partial charge on any atom is -0.379 e. The molecule has 1 saturated carbocycles. The van der Waals surface area contributed by atoms with Crippen molar-refractivity contribution in [1.29, 1.82) is 0 Å². The number of hydrogen-bond acceptors (Lipinski definition) is 3. The van der Waals surface area contributed by atoms with Crippen LogP contribution in [-0.4, -0.2) is 43.2 Å². The number of amides is 1. The molecule has 2 unspecified atom stereocenters. The van der Waals surface area contributed by atoms with E-state index < -0.39 is 0 Å². The number of allylic oxidation sites excluding steroid dienone is 4. The van der Waals surface area contributed by atoms with Gasteiger partial charge in [-0.1, -0.05) is 81.6 Å². The lowest BCUT2D eigenvalue weighted by Crippen LogP contribution is -2.49. The minimum atomic E-state index is -0.260. The van der Waals surface area contributed by atoms with Gasteiger partial charge >= 0.3 is 0 Å². The summed E-state index contributed by atoms with van der Waals surface area (Å²) in [5.41, 5.74) is 2.02. The Kier molecular flexibility index (Phi) is 10.2. The maximum absolute atomic E-state index is 14.1. The molecule has 0 spiro atoms.